The van der Waals surface area contributed by atoms with Crippen molar-refractivity contribution >= 4 is 23.0 Å². The molecule has 11 heteroatoms. The molecule has 9 nitrogen and oxygen atoms in total. The van der Waals surface area contributed by atoms with Gasteiger partial charge in [-0.25, -0.2) is 13.8 Å². The van der Waals surface area contributed by atoms with Crippen molar-refractivity contribution in [2.24, 2.45) is 11.7 Å². The van der Waals surface area contributed by atoms with Crippen LogP contribution in [0.2, 0.25) is 0 Å². The Labute approximate surface area is 157 Å². The predicted molar refractivity (Wildman–Crippen MR) is 94.9 cm³/mol. The van der Waals surface area contributed by atoms with Crippen molar-refractivity contribution in [1.82, 2.24) is 25.0 Å². The lowest BCUT2D eigenvalue weighted by Gasteiger charge is -2.12. The fourth-order valence-corrected chi connectivity index (χ4v) is 3.39. The maximum Gasteiger partial charge on any atom is 0.225 e. The molecule has 2 atom stereocenters. The molecule has 0 radical (unpaired) electrons. The van der Waals surface area contributed by atoms with Crippen molar-refractivity contribution in [3.63, 3.8) is 0 Å². The topological polar surface area (TPSA) is 121 Å². The van der Waals surface area contributed by atoms with Crippen LogP contribution in [0.4, 0.5) is 14.7 Å². The molecule has 0 aliphatic heterocycles. The van der Waals surface area contributed by atoms with Crippen LogP contribution in [0.3, 0.4) is 0 Å². The molecule has 1 aliphatic carbocycles. The highest BCUT2D eigenvalue weighted by Crippen LogP contribution is 2.28. The van der Waals surface area contributed by atoms with Crippen molar-refractivity contribution in [2.45, 2.75) is 25.3 Å². The number of halogens is 2. The van der Waals surface area contributed by atoms with E-state index >= 15 is 0 Å². The molecule has 1 fully saturated rings. The maximum atomic E-state index is 14.0. The van der Waals surface area contributed by atoms with Gasteiger partial charge in [-0.2, -0.15) is 9.67 Å². The van der Waals surface area contributed by atoms with Crippen LogP contribution in [0.1, 0.15) is 19.3 Å². The first kappa shape index (κ1) is 18.0. The SMILES string of the molecule is COc1c(F)cc(-n2nnc3cnc(NC4CCC(C(N)=O)C4)nc32)cc1F. The number of carbonyl (C=O) groups excluding carboxylic acids is 1. The van der Waals surface area contributed by atoms with Gasteiger partial charge in [-0.1, -0.05) is 5.21 Å². The molecule has 1 aliphatic rings. The van der Waals surface area contributed by atoms with Gasteiger partial charge in [0.25, 0.3) is 0 Å². The van der Waals surface area contributed by atoms with Gasteiger partial charge in [0.1, 0.15) is 0 Å². The molecule has 3 N–H and O–H groups in total. The first-order valence-corrected chi connectivity index (χ1v) is 8.64. The van der Waals surface area contributed by atoms with Crippen LogP contribution in [-0.4, -0.2) is 44.0 Å². The Kier molecular flexibility index (Phi) is 4.49. The van der Waals surface area contributed by atoms with Crippen molar-refractivity contribution < 1.29 is 18.3 Å². The monoisotopic (exact) mass is 389 g/mol. The molecule has 1 amide bonds. The van der Waals surface area contributed by atoms with E-state index in [1.165, 1.54) is 18.0 Å². The normalized spacial score (nSPS) is 19.1. The zero-order chi connectivity index (χ0) is 19.8. The molecule has 3 aromatic rings. The van der Waals surface area contributed by atoms with Crippen molar-refractivity contribution in [2.75, 3.05) is 12.4 Å². The number of rotatable bonds is 5. The number of amides is 1. The average Bonchev–Trinajstić information content (AvgIpc) is 3.28. The van der Waals surface area contributed by atoms with Gasteiger partial charge in [0, 0.05) is 24.1 Å². The van der Waals surface area contributed by atoms with E-state index in [4.69, 9.17) is 10.5 Å². The average molecular weight is 389 g/mol. The van der Waals surface area contributed by atoms with Crippen LogP contribution >= 0.6 is 0 Å². The van der Waals surface area contributed by atoms with Gasteiger partial charge in [-0.15, -0.1) is 5.10 Å². The molecule has 1 saturated carbocycles. The molecular formula is C17H17F2N7O2. The lowest BCUT2D eigenvalue weighted by molar-refractivity contribution is -0.121. The molecular weight excluding hydrogens is 372 g/mol. The van der Waals surface area contributed by atoms with E-state index in [0.29, 0.717) is 24.3 Å². The molecule has 28 heavy (non-hydrogen) atoms. The molecule has 0 bridgehead atoms. The van der Waals surface area contributed by atoms with Crippen molar-refractivity contribution in [3.05, 3.63) is 30.0 Å². The summed E-state index contributed by atoms with van der Waals surface area (Å²) in [5, 5.41) is 11.0. The summed E-state index contributed by atoms with van der Waals surface area (Å²) in [5.41, 5.74) is 6.11. The van der Waals surface area contributed by atoms with Gasteiger partial charge >= 0.3 is 0 Å². The van der Waals surface area contributed by atoms with E-state index in [1.54, 1.807) is 0 Å². The zero-order valence-corrected chi connectivity index (χ0v) is 14.9. The third-order valence-electron chi connectivity index (χ3n) is 4.79. The fraction of sp³-hybridized carbons (Fsp3) is 0.353. The number of anilines is 1. The maximum absolute atomic E-state index is 14.0. The van der Waals surface area contributed by atoms with Crippen LogP contribution in [0.5, 0.6) is 5.75 Å². The Hall–Kier alpha value is -3.37. The number of carbonyl (C=O) groups is 1. The highest BCUT2D eigenvalue weighted by atomic mass is 19.1. The van der Waals surface area contributed by atoms with Crippen molar-refractivity contribution in [1.29, 1.82) is 0 Å². The minimum absolute atomic E-state index is 0.00940. The smallest absolute Gasteiger partial charge is 0.225 e. The summed E-state index contributed by atoms with van der Waals surface area (Å²) in [4.78, 5) is 19.9. The van der Waals surface area contributed by atoms with Crippen LogP contribution < -0.4 is 15.8 Å². The van der Waals surface area contributed by atoms with Gasteiger partial charge in [0.2, 0.25) is 11.9 Å². The number of hydrogen-bond donors (Lipinski definition) is 2. The van der Waals surface area contributed by atoms with E-state index in [2.05, 4.69) is 25.6 Å². The van der Waals surface area contributed by atoms with Crippen LogP contribution in [-0.2, 0) is 4.79 Å². The van der Waals surface area contributed by atoms with Gasteiger partial charge in [0.05, 0.1) is 19.0 Å². The van der Waals surface area contributed by atoms with Crippen LogP contribution in [0.15, 0.2) is 18.3 Å². The fourth-order valence-electron chi connectivity index (χ4n) is 3.39. The van der Waals surface area contributed by atoms with Crippen LogP contribution in [0, 0.1) is 17.6 Å². The lowest BCUT2D eigenvalue weighted by Crippen LogP contribution is -2.23. The molecule has 0 spiro atoms. The Bertz CT molecular complexity index is 1030. The summed E-state index contributed by atoms with van der Waals surface area (Å²) in [6.45, 7) is 0. The zero-order valence-electron chi connectivity index (χ0n) is 14.9. The second-order valence-corrected chi connectivity index (χ2v) is 6.60. The number of benzene rings is 1. The Morgan fingerprint density at radius 1 is 1.32 bits per heavy atom. The first-order valence-electron chi connectivity index (χ1n) is 8.64. The first-order chi connectivity index (χ1) is 13.5. The number of ether oxygens (including phenoxy) is 1. The van der Waals surface area contributed by atoms with E-state index in [-0.39, 0.29) is 29.2 Å². The molecule has 1 aromatic carbocycles. The number of nitrogens with zero attached hydrogens (tertiary/aromatic N) is 5. The van der Waals surface area contributed by atoms with Gasteiger partial charge in [-0.3, -0.25) is 4.79 Å². The summed E-state index contributed by atoms with van der Waals surface area (Å²) in [7, 11) is 1.18. The second-order valence-electron chi connectivity index (χ2n) is 6.60. The highest BCUT2D eigenvalue weighted by molar-refractivity contribution is 5.77. The van der Waals surface area contributed by atoms with Gasteiger partial charge < -0.3 is 15.8 Å². The molecule has 2 unspecified atom stereocenters. The van der Waals surface area contributed by atoms with Crippen LogP contribution in [0.25, 0.3) is 16.9 Å². The summed E-state index contributed by atoms with van der Waals surface area (Å²) < 4.78 is 34.0. The Morgan fingerprint density at radius 3 is 2.71 bits per heavy atom. The number of methoxy groups -OCH3 is 1. The van der Waals surface area contributed by atoms with Crippen molar-refractivity contribution in [3.8, 4) is 11.4 Å². The highest BCUT2D eigenvalue weighted by Gasteiger charge is 2.29. The third-order valence-corrected chi connectivity index (χ3v) is 4.79. The number of hydrogen-bond acceptors (Lipinski definition) is 7. The Balaban J connectivity index is 1.65. The van der Waals surface area contributed by atoms with E-state index < -0.39 is 17.4 Å². The lowest BCUT2D eigenvalue weighted by atomic mass is 10.1. The van der Waals surface area contributed by atoms with E-state index in [1.807, 2.05) is 0 Å². The predicted octanol–water partition coefficient (Wildman–Crippen LogP) is 1.56. The minimum atomic E-state index is -0.864. The standard InChI is InChI=1S/C17H17F2N7O2/c1-28-14-11(18)5-10(6-12(14)19)26-16-13(24-25-26)7-21-17(23-16)22-9-3-2-8(4-9)15(20)27/h5-9H,2-4H2,1H3,(H2,20,27)(H,21,22,23). The molecule has 146 valence electrons. The third kappa shape index (κ3) is 3.19. The number of fused-ring (bicyclic) bond motifs is 1. The number of nitrogens with one attached hydrogen (secondary N) is 1. The summed E-state index contributed by atoms with van der Waals surface area (Å²) >= 11 is 0. The molecule has 0 saturated heterocycles. The minimum Gasteiger partial charge on any atom is -0.491 e. The van der Waals surface area contributed by atoms with Gasteiger partial charge in [-0.05, 0) is 19.3 Å². The molecule has 2 heterocycles. The summed E-state index contributed by atoms with van der Waals surface area (Å²) in [6, 6.07) is 2.18. The van der Waals surface area contributed by atoms with E-state index in [9.17, 15) is 13.6 Å². The quantitative estimate of drug-likeness (QED) is 0.679. The largest absolute Gasteiger partial charge is 0.491 e. The number of nitrogens with two attached hydrogens (primary N) is 1. The number of primary amides is 1. The molecule has 4 rings (SSSR count). The Morgan fingerprint density at radius 2 is 2.07 bits per heavy atom. The number of aromatic nitrogens is 5. The van der Waals surface area contributed by atoms with Gasteiger partial charge in [0.15, 0.2) is 28.5 Å². The molecule has 2 aromatic heterocycles. The second kappa shape index (κ2) is 6.98. The van der Waals surface area contributed by atoms with E-state index in [0.717, 1.165) is 18.6 Å². The summed E-state index contributed by atoms with van der Waals surface area (Å²) in [6.07, 6.45) is 3.54. The summed E-state index contributed by atoms with van der Waals surface area (Å²) in [5.74, 6) is -2.38.